The largest absolute Gasteiger partial charge is 0.330 e. The summed E-state index contributed by atoms with van der Waals surface area (Å²) >= 11 is 0. The first kappa shape index (κ1) is 19.9. The van der Waals surface area contributed by atoms with E-state index in [9.17, 15) is 8.42 Å². The Morgan fingerprint density at radius 1 is 1.14 bits per heavy atom. The Hall–Kier alpha value is -0.170. The first-order valence-corrected chi connectivity index (χ1v) is 9.96. The maximum absolute atomic E-state index is 13.0. The summed E-state index contributed by atoms with van der Waals surface area (Å²) in [5.74, 6) is 1.01. The van der Waals surface area contributed by atoms with Gasteiger partial charge in [-0.15, -0.1) is 0 Å². The molecule has 0 aromatic rings. The van der Waals surface area contributed by atoms with Crippen molar-refractivity contribution in [2.45, 2.75) is 53.9 Å². The van der Waals surface area contributed by atoms with E-state index < -0.39 is 10.2 Å². The fourth-order valence-electron chi connectivity index (χ4n) is 2.65. The highest BCUT2D eigenvalue weighted by atomic mass is 32.2. The maximum atomic E-state index is 13.0. The molecule has 1 saturated heterocycles. The third-order valence-electron chi connectivity index (χ3n) is 4.58. The van der Waals surface area contributed by atoms with Gasteiger partial charge < -0.3 is 5.73 Å². The smallest absolute Gasteiger partial charge is 0.281 e. The van der Waals surface area contributed by atoms with Crippen molar-refractivity contribution in [1.82, 2.24) is 8.61 Å². The highest BCUT2D eigenvalue weighted by molar-refractivity contribution is 7.86. The maximum Gasteiger partial charge on any atom is 0.281 e. The fraction of sp³-hybridized carbons (Fsp3) is 1.00. The molecule has 0 saturated carbocycles. The van der Waals surface area contributed by atoms with E-state index in [2.05, 4.69) is 34.6 Å². The van der Waals surface area contributed by atoms with Gasteiger partial charge in [0.25, 0.3) is 10.2 Å². The average Bonchev–Trinajstić information content (AvgIpc) is 2.82. The molecular formula is C16H35N3O2S. The molecule has 1 heterocycles. The number of hydrogen-bond acceptors (Lipinski definition) is 3. The molecule has 0 bridgehead atoms. The fourth-order valence-corrected chi connectivity index (χ4v) is 4.45. The van der Waals surface area contributed by atoms with Gasteiger partial charge in [0.05, 0.1) is 0 Å². The summed E-state index contributed by atoms with van der Waals surface area (Å²) in [6, 6.07) is 0. The van der Waals surface area contributed by atoms with Crippen LogP contribution in [0, 0.1) is 17.3 Å². The zero-order valence-electron chi connectivity index (χ0n) is 15.0. The summed E-state index contributed by atoms with van der Waals surface area (Å²) in [5, 5.41) is 0. The monoisotopic (exact) mass is 333 g/mol. The van der Waals surface area contributed by atoms with Crippen molar-refractivity contribution in [3.05, 3.63) is 0 Å². The van der Waals surface area contributed by atoms with Gasteiger partial charge in [0.2, 0.25) is 0 Å². The summed E-state index contributed by atoms with van der Waals surface area (Å²) in [4.78, 5) is 0. The van der Waals surface area contributed by atoms with Crippen LogP contribution in [0.4, 0.5) is 0 Å². The quantitative estimate of drug-likeness (QED) is 0.704. The Labute approximate surface area is 137 Å². The van der Waals surface area contributed by atoms with Crippen LogP contribution in [0.3, 0.4) is 0 Å². The molecule has 1 atom stereocenters. The normalized spacial score (nSPS) is 24.0. The molecule has 0 radical (unpaired) electrons. The summed E-state index contributed by atoms with van der Waals surface area (Å²) in [6.45, 7) is 13.5. The van der Waals surface area contributed by atoms with Gasteiger partial charge in [-0.25, -0.2) is 0 Å². The lowest BCUT2D eigenvalue weighted by Gasteiger charge is -2.29. The molecule has 1 rings (SSSR count). The first-order chi connectivity index (χ1) is 10.1. The van der Waals surface area contributed by atoms with Crippen LogP contribution in [0.5, 0.6) is 0 Å². The molecule has 1 fully saturated rings. The Kier molecular flexibility index (Phi) is 7.30. The van der Waals surface area contributed by atoms with E-state index in [0.29, 0.717) is 44.6 Å². The van der Waals surface area contributed by atoms with Crippen molar-refractivity contribution in [2.24, 2.45) is 23.0 Å². The zero-order chi connectivity index (χ0) is 17.0. The molecule has 0 aliphatic carbocycles. The highest BCUT2D eigenvalue weighted by Crippen LogP contribution is 2.31. The number of nitrogens with zero attached hydrogens (tertiary/aromatic N) is 2. The second-order valence-electron chi connectivity index (χ2n) is 7.87. The van der Waals surface area contributed by atoms with E-state index in [0.717, 1.165) is 19.3 Å². The molecule has 22 heavy (non-hydrogen) atoms. The molecule has 0 aromatic heterocycles. The predicted molar refractivity (Wildman–Crippen MR) is 92.8 cm³/mol. The van der Waals surface area contributed by atoms with Crippen LogP contribution in [0.1, 0.15) is 53.9 Å². The first-order valence-electron chi connectivity index (χ1n) is 8.56. The number of rotatable bonds is 9. The molecule has 1 aliphatic rings. The van der Waals surface area contributed by atoms with Gasteiger partial charge in [0.1, 0.15) is 0 Å². The second kappa shape index (κ2) is 8.08. The van der Waals surface area contributed by atoms with E-state index in [1.165, 1.54) is 0 Å². The SMILES string of the molecule is CC(C)CCN(CCC(C)C)S(=O)(=O)N1CCC(C)(CN)C1. The van der Waals surface area contributed by atoms with Gasteiger partial charge in [-0.1, -0.05) is 34.6 Å². The molecule has 6 heteroatoms. The predicted octanol–water partition coefficient (Wildman–Crippen LogP) is 2.30. The van der Waals surface area contributed by atoms with Crippen molar-refractivity contribution in [3.8, 4) is 0 Å². The van der Waals surface area contributed by atoms with Crippen molar-refractivity contribution in [3.63, 3.8) is 0 Å². The third-order valence-corrected chi connectivity index (χ3v) is 6.56. The van der Waals surface area contributed by atoms with Crippen molar-refractivity contribution >= 4 is 10.2 Å². The van der Waals surface area contributed by atoms with Crippen LogP contribution >= 0.6 is 0 Å². The Morgan fingerprint density at radius 3 is 2.00 bits per heavy atom. The summed E-state index contributed by atoms with van der Waals surface area (Å²) in [6.07, 6.45) is 2.66. The Balaban J connectivity index is 2.81. The van der Waals surface area contributed by atoms with E-state index in [1.807, 2.05) is 0 Å². The molecular weight excluding hydrogens is 298 g/mol. The third kappa shape index (κ3) is 5.48. The number of hydrogen-bond donors (Lipinski definition) is 1. The van der Waals surface area contributed by atoms with E-state index >= 15 is 0 Å². The Morgan fingerprint density at radius 2 is 1.64 bits per heavy atom. The standard InChI is InChI=1S/C16H35N3O2S/c1-14(2)6-9-18(10-7-15(3)4)22(20,21)19-11-8-16(5,12-17)13-19/h14-15H,6-13,17H2,1-5H3. The van der Waals surface area contributed by atoms with Crippen molar-refractivity contribution in [1.29, 1.82) is 0 Å². The minimum absolute atomic E-state index is 0.0746. The van der Waals surface area contributed by atoms with Crippen molar-refractivity contribution in [2.75, 3.05) is 32.7 Å². The topological polar surface area (TPSA) is 66.6 Å². The lowest BCUT2D eigenvalue weighted by molar-refractivity contribution is 0.308. The minimum Gasteiger partial charge on any atom is -0.330 e. The summed E-state index contributed by atoms with van der Waals surface area (Å²) in [7, 11) is -3.36. The van der Waals surface area contributed by atoms with Crippen molar-refractivity contribution < 1.29 is 8.42 Å². The molecule has 132 valence electrons. The van der Waals surface area contributed by atoms with Crippen LogP contribution in [0.25, 0.3) is 0 Å². The van der Waals surface area contributed by atoms with Crippen LogP contribution in [-0.4, -0.2) is 49.8 Å². The Bertz CT molecular complexity index is 425. The van der Waals surface area contributed by atoms with Gasteiger partial charge in [0.15, 0.2) is 0 Å². The zero-order valence-corrected chi connectivity index (χ0v) is 15.8. The number of nitrogens with two attached hydrogens (primary N) is 1. The minimum atomic E-state index is -3.36. The van der Waals surface area contributed by atoms with Gasteiger partial charge in [0, 0.05) is 26.2 Å². The summed E-state index contributed by atoms with van der Waals surface area (Å²) < 4.78 is 29.3. The molecule has 5 nitrogen and oxygen atoms in total. The van der Waals surface area contributed by atoms with Gasteiger partial charge in [-0.3, -0.25) is 0 Å². The molecule has 0 amide bonds. The van der Waals surface area contributed by atoms with Crippen LogP contribution < -0.4 is 5.73 Å². The second-order valence-corrected chi connectivity index (χ2v) is 9.80. The van der Waals surface area contributed by atoms with E-state index in [-0.39, 0.29) is 5.41 Å². The van der Waals surface area contributed by atoms with Crippen LogP contribution in [0.15, 0.2) is 0 Å². The van der Waals surface area contributed by atoms with E-state index in [4.69, 9.17) is 5.73 Å². The summed E-state index contributed by atoms with van der Waals surface area (Å²) in [5.41, 5.74) is 5.74. The molecule has 2 N–H and O–H groups in total. The average molecular weight is 334 g/mol. The van der Waals surface area contributed by atoms with Gasteiger partial charge >= 0.3 is 0 Å². The molecule has 1 aliphatic heterocycles. The van der Waals surface area contributed by atoms with E-state index in [1.54, 1.807) is 8.61 Å². The lowest BCUT2D eigenvalue weighted by Crippen LogP contribution is -2.45. The molecule has 0 spiro atoms. The van der Waals surface area contributed by atoms with Crippen LogP contribution in [0.2, 0.25) is 0 Å². The highest BCUT2D eigenvalue weighted by Gasteiger charge is 2.40. The van der Waals surface area contributed by atoms with Gasteiger partial charge in [-0.2, -0.15) is 17.0 Å². The lowest BCUT2D eigenvalue weighted by atomic mass is 9.90. The molecule has 0 aromatic carbocycles. The van der Waals surface area contributed by atoms with Crippen LogP contribution in [-0.2, 0) is 10.2 Å². The van der Waals surface area contributed by atoms with Gasteiger partial charge in [-0.05, 0) is 43.1 Å². The molecule has 1 unspecified atom stereocenters.